The first-order chi connectivity index (χ1) is 17.6. The molecule has 6 nitrogen and oxygen atoms in total. The number of benzene rings is 2. The highest BCUT2D eigenvalue weighted by Gasteiger charge is 2.44. The van der Waals surface area contributed by atoms with E-state index < -0.39 is 28.8 Å². The molecule has 2 aromatic carbocycles. The van der Waals surface area contributed by atoms with E-state index in [1.165, 1.54) is 0 Å². The molecule has 9 heteroatoms. The first-order valence-corrected chi connectivity index (χ1v) is 14.7. The molecule has 1 saturated heterocycles. The van der Waals surface area contributed by atoms with Crippen LogP contribution in [-0.4, -0.2) is 55.3 Å². The second-order valence-corrected chi connectivity index (χ2v) is 12.5. The van der Waals surface area contributed by atoms with Gasteiger partial charge in [0, 0.05) is 27.9 Å². The van der Waals surface area contributed by atoms with Crippen molar-refractivity contribution in [2.75, 3.05) is 13.6 Å². The van der Waals surface area contributed by atoms with Crippen molar-refractivity contribution in [2.45, 2.75) is 63.3 Å². The zero-order valence-corrected chi connectivity index (χ0v) is 23.9. The molecule has 4 rings (SSSR count). The summed E-state index contributed by atoms with van der Waals surface area (Å²) >= 11 is 11.6. The van der Waals surface area contributed by atoms with Gasteiger partial charge >= 0.3 is 5.97 Å². The van der Waals surface area contributed by atoms with Crippen molar-refractivity contribution in [2.24, 2.45) is 11.8 Å². The van der Waals surface area contributed by atoms with E-state index in [0.29, 0.717) is 30.8 Å². The minimum absolute atomic E-state index is 0.117. The van der Waals surface area contributed by atoms with Crippen molar-refractivity contribution < 1.29 is 18.9 Å². The summed E-state index contributed by atoms with van der Waals surface area (Å²) in [5.74, 6) is -2.34. The smallest absolute Gasteiger partial charge is 0.307 e. The van der Waals surface area contributed by atoms with Crippen LogP contribution in [0.25, 0.3) is 0 Å². The van der Waals surface area contributed by atoms with E-state index in [0.717, 1.165) is 23.4 Å². The topological polar surface area (TPSA) is 77.9 Å². The van der Waals surface area contributed by atoms with E-state index in [1.54, 1.807) is 6.92 Å². The molecule has 1 aliphatic carbocycles. The number of carboxylic acid groups (broad SMARTS) is 1. The summed E-state index contributed by atoms with van der Waals surface area (Å²) < 4.78 is 14.5. The number of carboxylic acids is 1. The summed E-state index contributed by atoms with van der Waals surface area (Å²) in [7, 11) is 0.804. The summed E-state index contributed by atoms with van der Waals surface area (Å²) in [5, 5.41) is 11.2. The van der Waals surface area contributed by atoms with E-state index in [2.05, 4.69) is 0 Å². The molecule has 0 bridgehead atoms. The van der Waals surface area contributed by atoms with Gasteiger partial charge in [-0.15, -0.1) is 0 Å². The fraction of sp³-hybridized carbons (Fsp3) is 0.500. The van der Waals surface area contributed by atoms with Crippen molar-refractivity contribution in [3.05, 3.63) is 70.2 Å². The predicted molar refractivity (Wildman–Crippen MR) is 150 cm³/mol. The molecule has 2 aromatic rings. The van der Waals surface area contributed by atoms with E-state index in [4.69, 9.17) is 23.2 Å². The highest BCUT2D eigenvalue weighted by molar-refractivity contribution is 7.83. The van der Waals surface area contributed by atoms with Gasteiger partial charge in [-0.2, -0.15) is 0 Å². The van der Waals surface area contributed by atoms with Gasteiger partial charge in [-0.1, -0.05) is 67.4 Å². The van der Waals surface area contributed by atoms with Crippen LogP contribution in [0.3, 0.4) is 0 Å². The second-order valence-electron chi connectivity index (χ2n) is 9.77. The average molecular weight is 568 g/mol. The van der Waals surface area contributed by atoms with Crippen molar-refractivity contribution in [3.63, 3.8) is 0 Å². The molecule has 1 amide bonds. The third kappa shape index (κ3) is 8.03. The first-order valence-electron chi connectivity index (χ1n) is 12.8. The Morgan fingerprint density at radius 3 is 2.14 bits per heavy atom. The third-order valence-electron chi connectivity index (χ3n) is 7.09. The average Bonchev–Trinajstić information content (AvgIpc) is 3.73. The van der Waals surface area contributed by atoms with Crippen molar-refractivity contribution in [3.8, 4) is 0 Å². The lowest BCUT2D eigenvalue weighted by atomic mass is 9.80. The van der Waals surface area contributed by atoms with Gasteiger partial charge in [0.25, 0.3) is 0 Å². The number of likely N-dealkylation sites (N-methyl/N-ethyl adjacent to an activating group) is 1. The Labute approximate surface area is 232 Å². The number of carbonyl (C=O) groups is 2. The molecule has 0 spiro atoms. The highest BCUT2D eigenvalue weighted by atomic mass is 35.5. The van der Waals surface area contributed by atoms with Crippen LogP contribution < -0.4 is 0 Å². The van der Waals surface area contributed by atoms with Crippen molar-refractivity contribution in [1.29, 1.82) is 0 Å². The predicted octanol–water partition coefficient (Wildman–Crippen LogP) is 6.22. The number of piperidine rings is 1. The number of amides is 1. The molecule has 37 heavy (non-hydrogen) atoms. The molecule has 1 saturated carbocycles. The van der Waals surface area contributed by atoms with Crippen LogP contribution in [0.2, 0.25) is 10.0 Å². The van der Waals surface area contributed by atoms with Crippen LogP contribution >= 0.6 is 23.2 Å². The van der Waals surface area contributed by atoms with E-state index in [-0.39, 0.29) is 23.2 Å². The molecule has 0 aromatic heterocycles. The Morgan fingerprint density at radius 1 is 1.05 bits per heavy atom. The summed E-state index contributed by atoms with van der Waals surface area (Å²) in [6.45, 7) is 4.14. The molecule has 0 radical (unpaired) electrons. The molecule has 1 heterocycles. The fourth-order valence-corrected chi connectivity index (χ4v) is 6.39. The Hall–Kier alpha value is -1.93. The lowest BCUT2D eigenvalue weighted by Gasteiger charge is -2.45. The van der Waals surface area contributed by atoms with E-state index in [1.807, 2.05) is 77.8 Å². The summed E-state index contributed by atoms with van der Waals surface area (Å²) in [6, 6.07) is 16.7. The zero-order valence-electron chi connectivity index (χ0n) is 21.6. The van der Waals surface area contributed by atoms with Crippen LogP contribution in [-0.2, 0) is 20.6 Å². The number of carbonyl (C=O) groups excluding carboxylic acids is 1. The highest BCUT2D eigenvalue weighted by Crippen LogP contribution is 2.40. The lowest BCUT2D eigenvalue weighted by Crippen LogP contribution is -2.54. The number of rotatable bonds is 9. The number of hydrogen-bond donors (Lipinski definition) is 1. The number of aliphatic carboxylic acids is 1. The molecule has 2 aliphatic rings. The Bertz CT molecular complexity index is 1070. The second kappa shape index (κ2) is 13.7. The molecular formula is C28H36Cl2N2O4S. The Balaban J connectivity index is 0.000000468. The van der Waals surface area contributed by atoms with Gasteiger partial charge < -0.3 is 10.0 Å². The van der Waals surface area contributed by atoms with Crippen LogP contribution in [0, 0.1) is 11.8 Å². The molecule has 202 valence electrons. The normalized spacial score (nSPS) is 22.1. The Morgan fingerprint density at radius 2 is 1.65 bits per heavy atom. The SMILES string of the molecule is CC[C@@H](CN(C)S(=O)C1CC1)N1C(=O)C([C@@H](C)C(=O)O)CC[C@H]1c1ccc(Cl)cc1.Clc1ccccc1. The van der Waals surface area contributed by atoms with Gasteiger partial charge in [0.2, 0.25) is 5.91 Å². The lowest BCUT2D eigenvalue weighted by molar-refractivity contribution is -0.156. The zero-order chi connectivity index (χ0) is 27.1. The molecule has 2 unspecified atom stereocenters. The first kappa shape index (κ1) is 29.6. The monoisotopic (exact) mass is 566 g/mol. The van der Waals surface area contributed by atoms with E-state index in [9.17, 15) is 18.9 Å². The number of likely N-dealkylation sites (tertiary alicyclic amines) is 1. The maximum atomic E-state index is 13.6. The van der Waals surface area contributed by atoms with Gasteiger partial charge in [0.15, 0.2) is 0 Å². The van der Waals surface area contributed by atoms with Crippen LogP contribution in [0.4, 0.5) is 0 Å². The van der Waals surface area contributed by atoms with Gasteiger partial charge in [0.05, 0.1) is 28.9 Å². The summed E-state index contributed by atoms with van der Waals surface area (Å²) in [4.78, 5) is 27.0. The minimum Gasteiger partial charge on any atom is -0.481 e. The molecular weight excluding hydrogens is 531 g/mol. The number of halogens is 2. The fourth-order valence-electron chi connectivity index (χ4n) is 4.75. The van der Waals surface area contributed by atoms with Crippen LogP contribution in [0.5, 0.6) is 0 Å². The van der Waals surface area contributed by atoms with Crippen LogP contribution in [0.1, 0.15) is 57.6 Å². The molecule has 1 aliphatic heterocycles. The maximum Gasteiger partial charge on any atom is 0.307 e. The van der Waals surface area contributed by atoms with Gasteiger partial charge in [-0.3, -0.25) is 9.59 Å². The third-order valence-corrected chi connectivity index (χ3v) is 9.40. The van der Waals surface area contributed by atoms with Gasteiger partial charge in [-0.25, -0.2) is 8.51 Å². The van der Waals surface area contributed by atoms with E-state index >= 15 is 0 Å². The Kier molecular flexibility index (Phi) is 11.0. The molecule has 1 N–H and O–H groups in total. The molecule has 5 atom stereocenters. The van der Waals surface area contributed by atoms with Crippen molar-refractivity contribution >= 4 is 46.1 Å². The number of nitrogens with zero attached hydrogens (tertiary/aromatic N) is 2. The summed E-state index contributed by atoms with van der Waals surface area (Å²) in [5.41, 5.74) is 0.999. The summed E-state index contributed by atoms with van der Waals surface area (Å²) in [6.07, 6.45) is 3.91. The van der Waals surface area contributed by atoms with Crippen molar-refractivity contribution in [1.82, 2.24) is 9.21 Å². The standard InChI is InChI=1S/C22H31ClN2O4S.C6H5Cl/c1-4-17(13-24(3)30(29)18-9-10-18)25-20(15-5-7-16(23)8-6-15)12-11-19(21(25)26)14(2)22(27)28;7-6-4-2-1-3-5-6/h5-8,14,17-20H,4,9-13H2,1-3H3,(H,27,28);1-5H/t14-,17+,19?,20+,30?;/m1./s1. The molecule has 2 fully saturated rings. The number of hydrogen-bond acceptors (Lipinski definition) is 3. The van der Waals surface area contributed by atoms with Crippen LogP contribution in [0.15, 0.2) is 54.6 Å². The quantitative estimate of drug-likeness (QED) is 0.391. The largest absolute Gasteiger partial charge is 0.481 e. The maximum absolute atomic E-state index is 13.6. The van der Waals surface area contributed by atoms with Gasteiger partial charge in [-0.05, 0) is 69.0 Å². The van der Waals surface area contributed by atoms with Gasteiger partial charge in [0.1, 0.15) is 0 Å². The minimum atomic E-state index is -1.04.